The molecule has 18 nitrogen and oxygen atoms in total. The molecule has 0 radical (unpaired) electrons. The van der Waals surface area contributed by atoms with E-state index < -0.39 is 58.2 Å². The lowest BCUT2D eigenvalue weighted by Crippen LogP contribution is -2.76. The van der Waals surface area contributed by atoms with E-state index in [1.807, 2.05) is 24.0 Å². The minimum Gasteiger partial charge on any atom is -0.489 e. The first-order valence-electron chi connectivity index (χ1n) is 13.5. The number of nitrogen functional groups attached to an aromatic ring is 1. The van der Waals surface area contributed by atoms with Crippen molar-refractivity contribution in [2.45, 2.75) is 44.0 Å². The number of nitrogens with zero attached hydrogens (tertiary/aromatic N) is 5. The van der Waals surface area contributed by atoms with Gasteiger partial charge >= 0.3 is 16.4 Å². The van der Waals surface area contributed by atoms with Crippen LogP contribution in [0.15, 0.2) is 34.9 Å². The molecule has 2 saturated heterocycles. The van der Waals surface area contributed by atoms with Crippen molar-refractivity contribution in [3.63, 3.8) is 0 Å². The molecule has 0 spiro atoms. The molecule has 20 heteroatoms. The van der Waals surface area contributed by atoms with E-state index in [1.165, 1.54) is 19.2 Å². The van der Waals surface area contributed by atoms with Crippen LogP contribution in [0, 0.1) is 0 Å². The first kappa shape index (κ1) is 32.0. The summed E-state index contributed by atoms with van der Waals surface area (Å²) in [4.78, 5) is 47.0. The number of thiazole rings is 1. The number of anilines is 1. The lowest BCUT2D eigenvalue weighted by molar-refractivity contribution is -0.790. The minimum atomic E-state index is -5.01. The van der Waals surface area contributed by atoms with Gasteiger partial charge in [0.25, 0.3) is 17.9 Å². The van der Waals surface area contributed by atoms with Crippen molar-refractivity contribution in [2.24, 2.45) is 12.2 Å². The molecule has 1 aromatic carbocycles. The van der Waals surface area contributed by atoms with Crippen LogP contribution in [0.3, 0.4) is 0 Å². The molecule has 5 rings (SSSR count). The number of aryl methyl sites for hydroxylation is 1. The number of hydroxylamine groups is 2. The van der Waals surface area contributed by atoms with Gasteiger partial charge in [0.05, 0.1) is 24.5 Å². The third-order valence-electron chi connectivity index (χ3n) is 7.42. The van der Waals surface area contributed by atoms with Gasteiger partial charge in [0, 0.05) is 18.3 Å². The van der Waals surface area contributed by atoms with Crippen LogP contribution in [0.5, 0.6) is 5.75 Å². The Kier molecular flexibility index (Phi) is 8.68. The number of rotatable bonds is 12. The Labute approximate surface area is 260 Å². The number of nitrogens with one attached hydrogen (secondary N) is 2. The Hall–Kier alpha value is -4.37. The standard InChI is InChI=1S/C25H30N8O10S2/c1-25(2)20(22(35)33(25)43-45(38,39)40)29-21(34)19(16-12-44-24(26)28-16)30-42-18(23(36)37)11-41-15-4-5-17-13(8-15)10-32(31(17)3)14-6-7-27-9-14/h4-5,8,10,12,14,18,20,27H,6-7,9,11H2,1-3H3,(H4-,26,28,29,34,36,37,38,39,40)/p+1/b30-19-/t14-,18?,20-/m1/s1. The Morgan fingerprint density at radius 2 is 2.13 bits per heavy atom. The predicted octanol–water partition coefficient (Wildman–Crippen LogP) is -0.868. The summed E-state index contributed by atoms with van der Waals surface area (Å²) < 4.78 is 45.3. The Morgan fingerprint density at radius 1 is 1.38 bits per heavy atom. The van der Waals surface area contributed by atoms with Crippen molar-refractivity contribution in [1.29, 1.82) is 0 Å². The molecule has 0 bridgehead atoms. The van der Waals surface area contributed by atoms with Crippen LogP contribution in [-0.4, -0.2) is 93.7 Å². The Balaban J connectivity index is 1.30. The second kappa shape index (κ2) is 12.2. The number of amides is 2. The van der Waals surface area contributed by atoms with E-state index in [-0.39, 0.29) is 10.8 Å². The van der Waals surface area contributed by atoms with Gasteiger partial charge in [-0.1, -0.05) is 5.16 Å². The molecule has 6 N–H and O–H groups in total. The number of hydrogen-bond donors (Lipinski definition) is 5. The van der Waals surface area contributed by atoms with Crippen molar-refractivity contribution < 1.29 is 51.0 Å². The maximum Gasteiger partial charge on any atom is 0.418 e. The van der Waals surface area contributed by atoms with E-state index in [9.17, 15) is 27.9 Å². The lowest BCUT2D eigenvalue weighted by atomic mass is 9.84. The normalized spacial score (nSPS) is 20.6. The summed E-state index contributed by atoms with van der Waals surface area (Å²) >= 11 is 0.968. The van der Waals surface area contributed by atoms with Crippen molar-refractivity contribution >= 4 is 61.3 Å². The summed E-state index contributed by atoms with van der Waals surface area (Å²) in [5, 5.41) is 21.9. The quantitative estimate of drug-likeness (QED) is 0.0520. The minimum absolute atomic E-state index is 0.0678. The molecular weight excluding hydrogens is 636 g/mol. The summed E-state index contributed by atoms with van der Waals surface area (Å²) in [7, 11) is -3.05. The van der Waals surface area contributed by atoms with Crippen LogP contribution in [-0.2, 0) is 41.0 Å². The first-order chi connectivity index (χ1) is 21.2. The summed E-state index contributed by atoms with van der Waals surface area (Å²) in [6, 6.07) is 4.33. The number of carbonyl (C=O) groups is 3. The molecule has 2 aromatic heterocycles. The molecule has 2 amide bonds. The highest BCUT2D eigenvalue weighted by atomic mass is 32.3. The number of benzene rings is 1. The smallest absolute Gasteiger partial charge is 0.418 e. The van der Waals surface area contributed by atoms with Crippen molar-refractivity contribution in [3.8, 4) is 5.75 Å². The monoisotopic (exact) mass is 667 g/mol. The van der Waals surface area contributed by atoms with Crippen LogP contribution in [0.1, 0.15) is 32.0 Å². The molecule has 2 aliphatic rings. The number of carbonyl (C=O) groups excluding carboxylic acids is 2. The molecule has 45 heavy (non-hydrogen) atoms. The molecule has 2 aliphatic heterocycles. The van der Waals surface area contributed by atoms with Crippen LogP contribution >= 0.6 is 11.3 Å². The van der Waals surface area contributed by atoms with Crippen LogP contribution in [0.4, 0.5) is 5.13 Å². The fraction of sp³-hybridized carbons (Fsp3) is 0.440. The number of oxime groups is 1. The second-order valence-electron chi connectivity index (χ2n) is 10.8. The number of nitrogens with two attached hydrogens (primary N) is 1. The van der Waals surface area contributed by atoms with Gasteiger partial charge in [-0.05, 0) is 32.0 Å². The van der Waals surface area contributed by atoms with Crippen LogP contribution in [0.2, 0.25) is 0 Å². The molecule has 1 unspecified atom stereocenters. The van der Waals surface area contributed by atoms with Gasteiger partial charge in [0.15, 0.2) is 16.9 Å². The van der Waals surface area contributed by atoms with Crippen molar-refractivity contribution in [2.75, 3.05) is 25.4 Å². The Morgan fingerprint density at radius 3 is 2.73 bits per heavy atom. The zero-order valence-corrected chi connectivity index (χ0v) is 25.9. The number of carboxylic acid groups (broad SMARTS) is 1. The molecule has 0 saturated carbocycles. The Bertz CT molecular complexity index is 1780. The summed E-state index contributed by atoms with van der Waals surface area (Å²) in [5.41, 5.74) is 4.66. The van der Waals surface area contributed by atoms with E-state index in [1.54, 1.807) is 12.1 Å². The number of hydrogen-bond acceptors (Lipinski definition) is 13. The maximum absolute atomic E-state index is 13.2. The highest BCUT2D eigenvalue weighted by Gasteiger charge is 2.58. The summed E-state index contributed by atoms with van der Waals surface area (Å²) in [5.74, 6) is -3.04. The van der Waals surface area contributed by atoms with E-state index in [0.29, 0.717) is 16.9 Å². The van der Waals surface area contributed by atoms with Gasteiger partial charge in [0.2, 0.25) is 6.20 Å². The zero-order chi connectivity index (χ0) is 32.7. The zero-order valence-electron chi connectivity index (χ0n) is 24.2. The number of ether oxygens (including phenoxy) is 1. The number of β-lactam (4-membered cyclic amide) rings is 1. The number of carboxylic acids is 1. The van der Waals surface area contributed by atoms with Gasteiger partial charge in [0.1, 0.15) is 29.6 Å². The van der Waals surface area contributed by atoms with E-state index >= 15 is 0 Å². The fourth-order valence-corrected chi connectivity index (χ4v) is 6.05. The number of aromatic nitrogens is 3. The molecule has 242 valence electrons. The summed E-state index contributed by atoms with van der Waals surface area (Å²) in [6.07, 6.45) is 1.34. The van der Waals surface area contributed by atoms with Crippen LogP contribution < -0.4 is 25.8 Å². The highest BCUT2D eigenvalue weighted by Crippen LogP contribution is 2.33. The molecule has 3 atom stereocenters. The fourth-order valence-electron chi connectivity index (χ4n) is 5.04. The summed E-state index contributed by atoms with van der Waals surface area (Å²) in [6.45, 7) is 4.06. The van der Waals surface area contributed by atoms with E-state index in [0.717, 1.165) is 41.8 Å². The largest absolute Gasteiger partial charge is 0.489 e. The SMILES string of the molecule is Cn1c2ccc(OCC(O/N=C(\C(=O)N[C@@H]3C(=O)N(OS(=O)(=O)O)C3(C)C)c3csc(N)n3)C(=O)O)cc2c[n+]1[C@@H]1CCNC1. The third kappa shape index (κ3) is 6.68. The van der Waals surface area contributed by atoms with Gasteiger partial charge in [-0.3, -0.25) is 14.1 Å². The van der Waals surface area contributed by atoms with E-state index in [4.69, 9.17) is 19.9 Å². The van der Waals surface area contributed by atoms with Crippen molar-refractivity contribution in [1.82, 2.24) is 25.4 Å². The van der Waals surface area contributed by atoms with E-state index in [2.05, 4.69) is 29.7 Å². The second-order valence-corrected chi connectivity index (χ2v) is 12.7. The number of fused-ring (bicyclic) bond motifs is 1. The highest BCUT2D eigenvalue weighted by molar-refractivity contribution is 7.80. The lowest BCUT2D eigenvalue weighted by Gasteiger charge is -2.50. The first-order valence-corrected chi connectivity index (χ1v) is 15.7. The predicted molar refractivity (Wildman–Crippen MR) is 156 cm³/mol. The molecular formula is C25H31N8O10S2+. The average Bonchev–Trinajstić information content (AvgIpc) is 3.72. The van der Waals surface area contributed by atoms with Gasteiger partial charge in [-0.2, -0.15) is 18.2 Å². The topological polar surface area (TPSA) is 241 Å². The van der Waals surface area contributed by atoms with Crippen LogP contribution in [0.25, 0.3) is 10.9 Å². The average molecular weight is 668 g/mol. The molecule has 2 fully saturated rings. The molecule has 4 heterocycles. The number of aliphatic carboxylic acids is 1. The van der Waals surface area contributed by atoms with Gasteiger partial charge < -0.3 is 31.0 Å². The molecule has 0 aliphatic carbocycles. The van der Waals surface area contributed by atoms with Gasteiger partial charge in [-0.15, -0.1) is 20.3 Å². The maximum atomic E-state index is 13.2. The van der Waals surface area contributed by atoms with Gasteiger partial charge in [-0.25, -0.2) is 9.78 Å². The van der Waals surface area contributed by atoms with Crippen molar-refractivity contribution in [3.05, 3.63) is 35.5 Å². The third-order valence-corrected chi connectivity index (χ3v) is 8.43. The molecule has 3 aromatic rings.